The van der Waals surface area contributed by atoms with Crippen molar-refractivity contribution in [3.63, 3.8) is 0 Å². The van der Waals surface area contributed by atoms with Gasteiger partial charge in [0.1, 0.15) is 5.69 Å². The highest BCUT2D eigenvalue weighted by Crippen LogP contribution is 2.42. The van der Waals surface area contributed by atoms with Crippen LogP contribution in [0.25, 0.3) is 22.5 Å². The van der Waals surface area contributed by atoms with Gasteiger partial charge in [-0.3, -0.25) is 4.84 Å². The highest BCUT2D eigenvalue weighted by molar-refractivity contribution is 5.87. The van der Waals surface area contributed by atoms with E-state index in [-0.39, 0.29) is 11.1 Å². The summed E-state index contributed by atoms with van der Waals surface area (Å²) in [7, 11) is 0. The fourth-order valence-corrected chi connectivity index (χ4v) is 3.61. The first kappa shape index (κ1) is 18.7. The monoisotopic (exact) mass is 376 g/mol. The normalized spacial score (nSPS) is 14.0. The lowest BCUT2D eigenvalue weighted by Gasteiger charge is -2.34. The fourth-order valence-electron chi connectivity index (χ4n) is 3.61. The Morgan fingerprint density at radius 2 is 1.50 bits per heavy atom. The highest BCUT2D eigenvalue weighted by atomic mass is 16.7. The summed E-state index contributed by atoms with van der Waals surface area (Å²) in [6.07, 6.45) is 0. The number of anilines is 1. The van der Waals surface area contributed by atoms with Crippen LogP contribution in [0.2, 0.25) is 0 Å². The van der Waals surface area contributed by atoms with Crippen LogP contribution in [0, 0.1) is 0 Å². The van der Waals surface area contributed by atoms with Crippen LogP contribution in [0.15, 0.2) is 48.5 Å². The van der Waals surface area contributed by atoms with Gasteiger partial charge in [-0.1, -0.05) is 47.7 Å². The molecule has 4 rings (SSSR count). The third-order valence-corrected chi connectivity index (χ3v) is 4.70. The SMILES string of the molecule is CC(C)(C)ON1Cc2ccccc2-c2c(nnn2C(C)(C)C)-c2ccccc21. The summed E-state index contributed by atoms with van der Waals surface area (Å²) in [5.41, 5.74) is 5.84. The van der Waals surface area contributed by atoms with E-state index in [0.717, 1.165) is 28.2 Å². The van der Waals surface area contributed by atoms with Gasteiger partial charge in [-0.05, 0) is 53.2 Å². The Bertz CT molecular complexity index is 1010. The molecule has 0 aliphatic carbocycles. The molecule has 28 heavy (non-hydrogen) atoms. The van der Waals surface area contributed by atoms with E-state index in [0.29, 0.717) is 6.54 Å². The molecule has 1 aliphatic heterocycles. The molecule has 5 nitrogen and oxygen atoms in total. The lowest BCUT2D eigenvalue weighted by Crippen LogP contribution is -2.34. The molecule has 2 aromatic carbocycles. The zero-order valence-electron chi connectivity index (χ0n) is 17.5. The molecule has 0 amide bonds. The van der Waals surface area contributed by atoms with E-state index in [9.17, 15) is 0 Å². The molecular weight excluding hydrogens is 348 g/mol. The zero-order chi connectivity index (χ0) is 20.1. The smallest absolute Gasteiger partial charge is 0.123 e. The van der Waals surface area contributed by atoms with Crippen molar-refractivity contribution in [2.45, 2.75) is 59.2 Å². The number of fused-ring (bicyclic) bond motifs is 5. The number of hydrogen-bond donors (Lipinski definition) is 0. The molecule has 0 saturated carbocycles. The lowest BCUT2D eigenvalue weighted by atomic mass is 9.95. The predicted molar refractivity (Wildman–Crippen MR) is 113 cm³/mol. The van der Waals surface area contributed by atoms with Crippen LogP contribution in [0.4, 0.5) is 5.69 Å². The molecule has 3 aromatic rings. The maximum absolute atomic E-state index is 6.36. The van der Waals surface area contributed by atoms with E-state index in [1.807, 2.05) is 21.9 Å². The van der Waals surface area contributed by atoms with Gasteiger partial charge in [0.25, 0.3) is 0 Å². The minimum atomic E-state index is -0.312. The minimum absolute atomic E-state index is 0.177. The van der Waals surface area contributed by atoms with Gasteiger partial charge in [0.2, 0.25) is 0 Å². The molecule has 0 radical (unpaired) electrons. The van der Waals surface area contributed by atoms with Crippen molar-refractivity contribution in [3.8, 4) is 22.5 Å². The minimum Gasteiger partial charge on any atom is -0.267 e. The summed E-state index contributed by atoms with van der Waals surface area (Å²) in [6.45, 7) is 13.3. The number of benzene rings is 2. The number of para-hydroxylation sites is 1. The number of hydrogen-bond acceptors (Lipinski definition) is 4. The van der Waals surface area contributed by atoms with E-state index in [1.54, 1.807) is 0 Å². The maximum Gasteiger partial charge on any atom is 0.123 e. The Labute approximate surface area is 166 Å². The van der Waals surface area contributed by atoms with Crippen LogP contribution in [0.3, 0.4) is 0 Å². The fraction of sp³-hybridized carbons (Fsp3) is 0.391. The highest BCUT2D eigenvalue weighted by Gasteiger charge is 2.31. The van der Waals surface area contributed by atoms with Gasteiger partial charge in [0.05, 0.1) is 29.1 Å². The standard InChI is InChI=1S/C23H28N4O/c1-22(2,3)27-21-17-12-8-7-11-16(17)15-26(28-23(4,5)6)19-14-10-9-13-18(19)20(21)24-25-27/h7-14H,15H2,1-6H3. The van der Waals surface area contributed by atoms with Crippen LogP contribution < -0.4 is 5.06 Å². The molecule has 0 N–H and O–H groups in total. The predicted octanol–water partition coefficient (Wildman–Crippen LogP) is 5.42. The van der Waals surface area contributed by atoms with Crippen LogP contribution >= 0.6 is 0 Å². The maximum atomic E-state index is 6.36. The first-order valence-corrected chi connectivity index (χ1v) is 9.76. The van der Waals surface area contributed by atoms with Crippen molar-refractivity contribution in [3.05, 3.63) is 54.1 Å². The Hall–Kier alpha value is -2.66. The van der Waals surface area contributed by atoms with Crippen molar-refractivity contribution in [1.29, 1.82) is 0 Å². The Balaban J connectivity index is 2.03. The lowest BCUT2D eigenvalue weighted by molar-refractivity contribution is -0.0236. The van der Waals surface area contributed by atoms with E-state index >= 15 is 0 Å². The molecule has 5 heteroatoms. The van der Waals surface area contributed by atoms with Crippen molar-refractivity contribution in [2.24, 2.45) is 0 Å². The Morgan fingerprint density at radius 1 is 0.857 bits per heavy atom. The second kappa shape index (κ2) is 6.45. The van der Waals surface area contributed by atoms with Gasteiger partial charge in [-0.25, -0.2) is 9.75 Å². The third kappa shape index (κ3) is 3.31. The van der Waals surface area contributed by atoms with E-state index in [4.69, 9.17) is 4.84 Å². The van der Waals surface area contributed by atoms with Gasteiger partial charge < -0.3 is 0 Å². The quantitative estimate of drug-likeness (QED) is 0.569. The van der Waals surface area contributed by atoms with Gasteiger partial charge in [-0.15, -0.1) is 5.10 Å². The average Bonchev–Trinajstić information content (AvgIpc) is 3.04. The molecule has 0 saturated heterocycles. The average molecular weight is 377 g/mol. The number of aromatic nitrogens is 3. The van der Waals surface area contributed by atoms with Gasteiger partial charge in [0, 0.05) is 11.1 Å². The molecule has 0 fully saturated rings. The molecule has 146 valence electrons. The number of nitrogens with zero attached hydrogens (tertiary/aromatic N) is 4. The molecule has 0 spiro atoms. The van der Waals surface area contributed by atoms with Crippen LogP contribution in [-0.4, -0.2) is 20.6 Å². The van der Waals surface area contributed by atoms with Crippen LogP contribution in [0.5, 0.6) is 0 Å². The van der Waals surface area contributed by atoms with E-state index in [2.05, 4.69) is 88.3 Å². The van der Waals surface area contributed by atoms with Crippen molar-refractivity contribution >= 4 is 5.69 Å². The van der Waals surface area contributed by atoms with Crippen LogP contribution in [0.1, 0.15) is 47.1 Å². The molecule has 0 bridgehead atoms. The van der Waals surface area contributed by atoms with Crippen molar-refractivity contribution in [2.75, 3.05) is 5.06 Å². The van der Waals surface area contributed by atoms with Gasteiger partial charge in [0.15, 0.2) is 0 Å². The van der Waals surface area contributed by atoms with Crippen molar-refractivity contribution < 1.29 is 4.84 Å². The molecule has 1 aromatic heterocycles. The molecule has 0 atom stereocenters. The molecule has 2 heterocycles. The Morgan fingerprint density at radius 3 is 2.18 bits per heavy atom. The first-order chi connectivity index (χ1) is 13.1. The second-order valence-corrected chi connectivity index (χ2v) is 9.28. The summed E-state index contributed by atoms with van der Waals surface area (Å²) in [6, 6.07) is 16.7. The number of hydroxylamine groups is 1. The van der Waals surface area contributed by atoms with E-state index in [1.165, 1.54) is 5.56 Å². The van der Waals surface area contributed by atoms with Crippen molar-refractivity contribution in [1.82, 2.24) is 15.0 Å². The summed E-state index contributed by atoms with van der Waals surface area (Å²) < 4.78 is 2.04. The summed E-state index contributed by atoms with van der Waals surface area (Å²) in [5, 5.41) is 11.2. The largest absolute Gasteiger partial charge is 0.267 e. The topological polar surface area (TPSA) is 43.2 Å². The second-order valence-electron chi connectivity index (χ2n) is 9.28. The summed E-state index contributed by atoms with van der Waals surface area (Å²) >= 11 is 0. The zero-order valence-corrected chi connectivity index (χ0v) is 17.5. The first-order valence-electron chi connectivity index (χ1n) is 9.76. The van der Waals surface area contributed by atoms with Gasteiger partial charge in [-0.2, -0.15) is 0 Å². The van der Waals surface area contributed by atoms with E-state index < -0.39 is 0 Å². The summed E-state index contributed by atoms with van der Waals surface area (Å²) in [4.78, 5) is 6.36. The summed E-state index contributed by atoms with van der Waals surface area (Å²) in [5.74, 6) is 0. The van der Waals surface area contributed by atoms with Crippen LogP contribution in [-0.2, 0) is 16.9 Å². The third-order valence-electron chi connectivity index (χ3n) is 4.70. The van der Waals surface area contributed by atoms with Gasteiger partial charge >= 0.3 is 0 Å². The Kier molecular flexibility index (Phi) is 4.31. The number of rotatable bonds is 1. The molecule has 0 unspecified atom stereocenters. The molecule has 1 aliphatic rings. The molecular formula is C23H28N4O.